The van der Waals surface area contributed by atoms with Crippen LogP contribution in [0.5, 0.6) is 40.2 Å². The summed E-state index contributed by atoms with van der Waals surface area (Å²) in [6.07, 6.45) is 7.24. The minimum absolute atomic E-state index is 0.0194. The number of benzene rings is 6. The highest BCUT2D eigenvalue weighted by Gasteiger charge is 2.40. The maximum atomic E-state index is 14.7. The lowest BCUT2D eigenvalue weighted by Gasteiger charge is -2.37. The van der Waals surface area contributed by atoms with Crippen molar-refractivity contribution in [3.05, 3.63) is 170 Å². The highest BCUT2D eigenvalue weighted by atomic mass is 16.6. The van der Waals surface area contributed by atoms with Gasteiger partial charge in [-0.05, 0) is 248 Å². The second kappa shape index (κ2) is 38.4. The van der Waals surface area contributed by atoms with Crippen molar-refractivity contribution in [2.45, 2.75) is 187 Å². The van der Waals surface area contributed by atoms with Crippen molar-refractivity contribution in [3.8, 4) is 40.2 Å². The summed E-state index contributed by atoms with van der Waals surface area (Å²) in [6.45, 7) is 15.2. The third-order valence-electron chi connectivity index (χ3n) is 20.2. The fourth-order valence-corrected chi connectivity index (χ4v) is 14.5. The van der Waals surface area contributed by atoms with Crippen LogP contribution in [-0.2, 0) is 51.1 Å². The van der Waals surface area contributed by atoms with Crippen molar-refractivity contribution >= 4 is 35.3 Å². The first-order chi connectivity index (χ1) is 49.1. The fourth-order valence-electron chi connectivity index (χ4n) is 14.5. The molecule has 2 heterocycles. The van der Waals surface area contributed by atoms with E-state index in [-0.39, 0.29) is 55.4 Å². The van der Waals surface area contributed by atoms with E-state index in [4.69, 9.17) is 42.6 Å². The molecule has 6 aromatic carbocycles. The van der Waals surface area contributed by atoms with Gasteiger partial charge in [-0.1, -0.05) is 80.6 Å². The van der Waals surface area contributed by atoms with E-state index in [1.807, 2.05) is 128 Å². The van der Waals surface area contributed by atoms with Crippen LogP contribution >= 0.6 is 0 Å². The van der Waals surface area contributed by atoms with E-state index in [2.05, 4.69) is 36.9 Å². The molecule has 2 fully saturated rings. The molecule has 0 spiro atoms. The first kappa shape index (κ1) is 78.8. The van der Waals surface area contributed by atoms with E-state index in [0.717, 1.165) is 70.4 Å². The Kier molecular flexibility index (Phi) is 29.7. The first-order valence-corrected chi connectivity index (χ1v) is 36.4. The van der Waals surface area contributed by atoms with E-state index >= 15 is 0 Å². The Hall–Kier alpha value is -8.90. The van der Waals surface area contributed by atoms with Gasteiger partial charge in [0.1, 0.15) is 54.8 Å². The van der Waals surface area contributed by atoms with E-state index in [0.29, 0.717) is 129 Å². The van der Waals surface area contributed by atoms with E-state index < -0.39 is 48.1 Å². The molecule has 102 heavy (non-hydrogen) atoms. The number of likely N-dealkylation sites (tertiary alicyclic amines) is 2. The molecule has 8 rings (SSSR count). The quantitative estimate of drug-likeness (QED) is 0.0334. The number of methoxy groups -OCH3 is 5. The topological polar surface area (TPSA) is 195 Å². The van der Waals surface area contributed by atoms with Crippen molar-refractivity contribution in [1.29, 1.82) is 0 Å². The summed E-state index contributed by atoms with van der Waals surface area (Å²) in [5.41, 5.74) is 10.2. The summed E-state index contributed by atoms with van der Waals surface area (Å²) in [5.74, 6) is 1.71. The number of aryl methyl sites for hydroxylation is 7. The van der Waals surface area contributed by atoms with Gasteiger partial charge in [0.2, 0.25) is 11.8 Å². The van der Waals surface area contributed by atoms with Gasteiger partial charge in [-0.25, -0.2) is 9.59 Å². The summed E-state index contributed by atoms with van der Waals surface area (Å²) in [6, 6.07) is 33.0. The minimum Gasteiger partial charge on any atom is -0.496 e. The lowest BCUT2D eigenvalue weighted by molar-refractivity contribution is -0.162. The molecule has 0 N–H and O–H groups in total. The molecule has 3 unspecified atom stereocenters. The van der Waals surface area contributed by atoms with Crippen molar-refractivity contribution in [1.82, 2.24) is 14.7 Å². The molecule has 0 aliphatic carbocycles. The summed E-state index contributed by atoms with van der Waals surface area (Å²) < 4.78 is 53.5. The number of piperidine rings is 2. The second-order valence-electron chi connectivity index (χ2n) is 27.8. The number of Topliss-reactive ketones (excluding diaryl/α,β-unsaturated/α-hetero) is 2. The van der Waals surface area contributed by atoms with Crippen LogP contribution in [0.25, 0.3) is 0 Å². The predicted octanol–water partition coefficient (Wildman–Crippen LogP) is 15.2. The second-order valence-corrected chi connectivity index (χ2v) is 27.8. The zero-order valence-corrected chi connectivity index (χ0v) is 62.7. The zero-order chi connectivity index (χ0) is 73.6. The molecule has 18 heteroatoms. The number of amides is 2. The molecule has 6 aromatic rings. The zero-order valence-electron chi connectivity index (χ0n) is 62.7. The predicted molar refractivity (Wildman–Crippen MR) is 396 cm³/mol. The minimum atomic E-state index is -0.776. The summed E-state index contributed by atoms with van der Waals surface area (Å²) in [4.78, 5) is 91.5. The van der Waals surface area contributed by atoms with Gasteiger partial charge in [0.25, 0.3) is 0 Å². The fraction of sp³-hybridized carbons (Fsp3) is 0.500. The Morgan fingerprint density at radius 1 is 0.461 bits per heavy atom. The van der Waals surface area contributed by atoms with Gasteiger partial charge < -0.3 is 57.3 Å². The Balaban J connectivity index is 0.891. The molecular formula is C84H109N3O15. The highest BCUT2D eigenvalue weighted by Crippen LogP contribution is 2.40. The molecule has 18 nitrogen and oxygen atoms in total. The van der Waals surface area contributed by atoms with Crippen LogP contribution in [0.1, 0.15) is 189 Å². The normalized spacial score (nSPS) is 16.0. The lowest BCUT2D eigenvalue weighted by atomic mass is 9.90. The van der Waals surface area contributed by atoms with E-state index in [1.165, 1.54) is 11.1 Å². The maximum absolute atomic E-state index is 14.7. The van der Waals surface area contributed by atoms with Crippen LogP contribution < -0.4 is 33.2 Å². The van der Waals surface area contributed by atoms with Crippen molar-refractivity contribution < 1.29 is 71.4 Å². The smallest absolute Gasteiger partial charge is 0.329 e. The molecule has 2 aliphatic rings. The molecule has 7 atom stereocenters. The highest BCUT2D eigenvalue weighted by molar-refractivity contribution is 5.90. The number of hydrogen-bond acceptors (Lipinski definition) is 16. The number of carbonyl (C=O) groups excluding carboxylic acids is 6. The van der Waals surface area contributed by atoms with Gasteiger partial charge in [-0.2, -0.15) is 0 Å². The third kappa shape index (κ3) is 21.1. The summed E-state index contributed by atoms with van der Waals surface area (Å²) in [5, 5.41) is 0. The monoisotopic (exact) mass is 1400 g/mol. The number of hydrogen-bond donors (Lipinski definition) is 0. The SMILES string of the molecule is CC[C@H](C(=O)N1CCCCC1C(=O)O[C@H](CCc1ccc(OC)c(OC)c1)c1cccc(OCC(=O)CCC(CCC(=O)COc2cccc(C(CCc3ccc(C)c(C)c3)OC(=O)[C@@H]3CCCCN3C(=O)[C@@H](CC)c3cc(C)c(OC)c(OC)c3)c2)CN(C)C)c1)c1cc(C)c(OC)c(C)c1. The molecule has 2 amide bonds. The molecule has 0 bridgehead atoms. The molecule has 0 saturated carbocycles. The van der Waals surface area contributed by atoms with Crippen LogP contribution in [0.4, 0.5) is 0 Å². The van der Waals surface area contributed by atoms with Crippen LogP contribution in [-0.4, -0.2) is 145 Å². The summed E-state index contributed by atoms with van der Waals surface area (Å²) in [7, 11) is 11.9. The van der Waals surface area contributed by atoms with Gasteiger partial charge in [0.15, 0.2) is 34.6 Å². The Labute approximate surface area is 604 Å². The number of carbonyl (C=O) groups is 6. The maximum Gasteiger partial charge on any atom is 0.329 e. The summed E-state index contributed by atoms with van der Waals surface area (Å²) >= 11 is 0. The Bertz CT molecular complexity index is 3800. The van der Waals surface area contributed by atoms with Gasteiger partial charge >= 0.3 is 11.9 Å². The average molecular weight is 1400 g/mol. The van der Waals surface area contributed by atoms with Crippen molar-refractivity contribution in [2.24, 2.45) is 5.92 Å². The average Bonchev–Trinajstić information content (AvgIpc) is 0.802. The number of nitrogens with zero attached hydrogens (tertiary/aromatic N) is 3. The molecule has 550 valence electrons. The van der Waals surface area contributed by atoms with Crippen LogP contribution in [0, 0.1) is 40.5 Å². The first-order valence-electron chi connectivity index (χ1n) is 36.4. The number of rotatable bonds is 37. The van der Waals surface area contributed by atoms with Crippen molar-refractivity contribution in [2.75, 3.05) is 82.5 Å². The van der Waals surface area contributed by atoms with Crippen molar-refractivity contribution in [3.63, 3.8) is 0 Å². The van der Waals surface area contributed by atoms with E-state index in [9.17, 15) is 28.8 Å². The number of esters is 2. The van der Waals surface area contributed by atoms with Crippen LogP contribution in [0.2, 0.25) is 0 Å². The van der Waals surface area contributed by atoms with Crippen LogP contribution in [0.15, 0.2) is 109 Å². The molecule has 0 radical (unpaired) electrons. The van der Waals surface area contributed by atoms with Gasteiger partial charge in [-0.3, -0.25) is 19.2 Å². The largest absolute Gasteiger partial charge is 0.496 e. The Morgan fingerprint density at radius 3 is 1.37 bits per heavy atom. The molecule has 2 saturated heterocycles. The van der Waals surface area contributed by atoms with Gasteiger partial charge in [0.05, 0.1) is 47.4 Å². The van der Waals surface area contributed by atoms with Gasteiger partial charge in [0, 0.05) is 32.5 Å². The number of ether oxygens (including phenoxy) is 9. The lowest BCUT2D eigenvalue weighted by Crippen LogP contribution is -2.50. The molecule has 0 aromatic heterocycles. The van der Waals surface area contributed by atoms with Gasteiger partial charge in [-0.15, -0.1) is 0 Å². The van der Waals surface area contributed by atoms with E-state index in [1.54, 1.807) is 57.5 Å². The molecule has 2 aliphatic heterocycles. The van der Waals surface area contributed by atoms with Crippen LogP contribution in [0.3, 0.4) is 0 Å². The third-order valence-corrected chi connectivity index (χ3v) is 20.2. The number of ketones is 2. The Morgan fingerprint density at radius 2 is 0.922 bits per heavy atom. The molecular weight excluding hydrogens is 1290 g/mol. The standard InChI is InChI=1S/C84H109N3O15/c1-15-70(64-44-56(5)79(97-13)57(6)45-64)81(90)86-41-19-17-27-72(86)83(92)102-75(39-34-60-35-40-76(94-10)77(47-60)95-11)63-24-22-26-69(49-63)100-53-67(89)37-32-61(51-85(8)9)31-36-66(88)52-99-68-25-21-23-62(48-68)74(38-33-59-30-29-54(3)55(4)43-59)101-84(93)73-28-18-20-42-87(73)82(91)71(16-2)65-46-58(7)80(98-14)78(50-65)96-12/h21-26,29-30,35,40,43-50,61,70-75H,15-20,27-28,31-34,36-39,41-42,51-53H2,1-14H3/t61?,70-,71-,72?,73-,74?,75+/m0/s1.